The van der Waals surface area contributed by atoms with Crippen LogP contribution < -0.4 is 5.32 Å². The molecule has 3 aliphatic rings. The quantitative estimate of drug-likeness (QED) is 0.0203. The average molecular weight is 1280 g/mol. The fraction of sp³-hybridized carbons (Fsp3) is 0.597. The van der Waals surface area contributed by atoms with E-state index >= 15 is 0 Å². The highest BCUT2D eigenvalue weighted by molar-refractivity contribution is 5.76. The minimum atomic E-state index is -1.99. The molecule has 3 heterocycles. The summed E-state index contributed by atoms with van der Waals surface area (Å²) in [5.41, 5.74) is 0. The fourth-order valence-corrected chi connectivity index (χ4v) is 9.66. The molecule has 0 radical (unpaired) electrons. The third-order valence-electron chi connectivity index (χ3n) is 15.0. The molecule has 17 atom stereocenters. The van der Waals surface area contributed by atoms with Gasteiger partial charge in [0, 0.05) is 6.42 Å². The van der Waals surface area contributed by atoms with E-state index in [4.69, 9.17) is 28.4 Å². The van der Waals surface area contributed by atoms with Crippen molar-refractivity contribution in [3.8, 4) is 0 Å². The summed E-state index contributed by atoms with van der Waals surface area (Å²) >= 11 is 0. The Bertz CT molecular complexity index is 2310. The second-order valence-electron chi connectivity index (χ2n) is 22.5. The van der Waals surface area contributed by atoms with Crippen molar-refractivity contribution in [2.24, 2.45) is 0 Å². The van der Waals surface area contributed by atoms with Crippen LogP contribution >= 0.6 is 0 Å². The normalized spacial score (nSPS) is 29.0. The van der Waals surface area contributed by atoms with E-state index in [1.54, 1.807) is 12.2 Å². The largest absolute Gasteiger partial charge is 0.394 e. The van der Waals surface area contributed by atoms with Gasteiger partial charge in [-0.15, -0.1) is 0 Å². The van der Waals surface area contributed by atoms with Crippen LogP contribution in [0.4, 0.5) is 0 Å². The summed E-state index contributed by atoms with van der Waals surface area (Å²) in [6.07, 6.45) is 49.8. The summed E-state index contributed by atoms with van der Waals surface area (Å²) in [5, 5.41) is 120. The lowest BCUT2D eigenvalue weighted by Crippen LogP contribution is -2.66. The maximum Gasteiger partial charge on any atom is 0.220 e. The standard InChI is InChI=1S/C72H111NO18/c1-3-5-7-9-11-12-13-14-15-16-17-18-19-20-21-22-23-24-25-26-27-28-29-30-31-32-33-34-35-36-37-38-39-40-41-42-44-46-48-50-60(78)73-55(56(77)49-47-45-43-10-8-6-4-2)54-86-70-66(84)63(81)68(58(52-75)88-70)91-72-67(85)64(82)69(59(53-76)89-72)90-71-65(83)62(80)61(79)57(51-74)87-71/h5,7-8,10-12,14-15,17-18,20-21,23-24,26-27,29-30,32-33,35-36,38-39,41-42,47,49,55-59,61-72,74-77,79-85H,3-4,6,9,13,16,19,22,25,28,31,34,37,40,43-46,48,50-54H2,1-2H3,(H,73,78)/b7-5-,10-8+,12-11-,15-14-,18-17-,21-20-,24-23-,27-26-,30-29-,33-32-,36-35-,39-38-,42-41-,49-47+. The van der Waals surface area contributed by atoms with Crippen molar-refractivity contribution in [3.63, 3.8) is 0 Å². The maximum absolute atomic E-state index is 13.3. The van der Waals surface area contributed by atoms with Gasteiger partial charge in [-0.1, -0.05) is 190 Å². The monoisotopic (exact) mass is 1280 g/mol. The van der Waals surface area contributed by atoms with Crippen LogP contribution in [0.5, 0.6) is 0 Å². The van der Waals surface area contributed by atoms with Crippen LogP contribution in [0.1, 0.15) is 142 Å². The van der Waals surface area contributed by atoms with E-state index in [9.17, 15) is 61.0 Å². The molecule has 3 aliphatic heterocycles. The molecule has 512 valence electrons. The predicted molar refractivity (Wildman–Crippen MR) is 355 cm³/mol. The van der Waals surface area contributed by atoms with E-state index in [1.807, 2.05) is 0 Å². The number of aliphatic hydroxyl groups excluding tert-OH is 11. The van der Waals surface area contributed by atoms with Crippen LogP contribution in [-0.2, 0) is 33.2 Å². The second-order valence-corrected chi connectivity index (χ2v) is 22.5. The first-order chi connectivity index (χ1) is 44.3. The van der Waals surface area contributed by atoms with Gasteiger partial charge < -0.3 is 89.9 Å². The van der Waals surface area contributed by atoms with E-state index in [1.165, 1.54) is 0 Å². The maximum atomic E-state index is 13.3. The highest BCUT2D eigenvalue weighted by atomic mass is 16.8. The summed E-state index contributed by atoms with van der Waals surface area (Å²) in [7, 11) is 0. The second kappa shape index (κ2) is 51.6. The number of hydrogen-bond donors (Lipinski definition) is 12. The molecule has 91 heavy (non-hydrogen) atoms. The van der Waals surface area contributed by atoms with Crippen LogP contribution in [0.25, 0.3) is 0 Å². The number of aliphatic hydroxyl groups is 11. The van der Waals surface area contributed by atoms with Gasteiger partial charge >= 0.3 is 0 Å². The molecule has 19 nitrogen and oxygen atoms in total. The van der Waals surface area contributed by atoms with Crippen molar-refractivity contribution >= 4 is 5.91 Å². The number of carbonyl (C=O) groups is 1. The van der Waals surface area contributed by atoms with Gasteiger partial charge in [-0.25, -0.2) is 0 Å². The molecule has 0 aliphatic carbocycles. The number of amides is 1. The van der Waals surface area contributed by atoms with Crippen LogP contribution in [-0.4, -0.2) is 193 Å². The number of unbranched alkanes of at least 4 members (excludes halogenated alkanes) is 4. The molecule has 19 heteroatoms. The molecule has 0 aromatic carbocycles. The first-order valence-electron chi connectivity index (χ1n) is 32.9. The molecule has 3 saturated heterocycles. The van der Waals surface area contributed by atoms with Crippen molar-refractivity contribution in [2.45, 2.75) is 247 Å². The zero-order valence-corrected chi connectivity index (χ0v) is 53.7. The number of ether oxygens (including phenoxy) is 6. The van der Waals surface area contributed by atoms with Gasteiger partial charge in [0.05, 0.1) is 38.6 Å². The first-order valence-corrected chi connectivity index (χ1v) is 32.9. The lowest BCUT2D eigenvalue weighted by atomic mass is 9.96. The zero-order chi connectivity index (χ0) is 66.1. The lowest BCUT2D eigenvalue weighted by Gasteiger charge is -2.48. The molecule has 0 aromatic heterocycles. The van der Waals surface area contributed by atoms with Crippen molar-refractivity contribution in [1.82, 2.24) is 5.32 Å². The van der Waals surface area contributed by atoms with E-state index in [2.05, 4.69) is 177 Å². The smallest absolute Gasteiger partial charge is 0.220 e. The summed E-state index contributed by atoms with van der Waals surface area (Å²) in [5.74, 6) is -0.342. The molecular weight excluding hydrogens is 1170 g/mol. The third-order valence-corrected chi connectivity index (χ3v) is 15.0. The van der Waals surface area contributed by atoms with Gasteiger partial charge in [0.15, 0.2) is 18.9 Å². The molecule has 0 saturated carbocycles. The van der Waals surface area contributed by atoms with E-state index < -0.39 is 131 Å². The predicted octanol–water partition coefficient (Wildman–Crippen LogP) is 7.93. The average Bonchev–Trinajstić information content (AvgIpc) is 1.40. The molecule has 12 N–H and O–H groups in total. The van der Waals surface area contributed by atoms with Crippen LogP contribution in [0, 0.1) is 0 Å². The number of allylic oxidation sites excluding steroid dienone is 27. The Balaban J connectivity index is 1.34. The molecular formula is C72H111NO18. The third kappa shape index (κ3) is 33.7. The molecule has 0 bridgehead atoms. The first kappa shape index (κ1) is 80.4. The van der Waals surface area contributed by atoms with Gasteiger partial charge in [-0.2, -0.15) is 0 Å². The molecule has 0 spiro atoms. The molecule has 17 unspecified atom stereocenters. The van der Waals surface area contributed by atoms with Crippen molar-refractivity contribution in [3.05, 3.63) is 170 Å². The number of carbonyl (C=O) groups excluding carboxylic acids is 1. The Morgan fingerprint density at radius 1 is 0.407 bits per heavy atom. The minimum absolute atomic E-state index is 0.167. The number of hydrogen-bond acceptors (Lipinski definition) is 18. The van der Waals surface area contributed by atoms with Crippen LogP contribution in [0.2, 0.25) is 0 Å². The van der Waals surface area contributed by atoms with Gasteiger partial charge in [-0.3, -0.25) is 4.79 Å². The Morgan fingerprint density at radius 2 is 0.758 bits per heavy atom. The Labute approximate surface area is 541 Å². The summed E-state index contributed by atoms with van der Waals surface area (Å²) < 4.78 is 34.1. The molecule has 1 amide bonds. The van der Waals surface area contributed by atoms with Crippen molar-refractivity contribution in [1.29, 1.82) is 0 Å². The zero-order valence-electron chi connectivity index (χ0n) is 53.7. The Morgan fingerprint density at radius 3 is 1.18 bits per heavy atom. The Hall–Kier alpha value is -4.85. The molecule has 3 fully saturated rings. The summed E-state index contributed by atoms with van der Waals surface area (Å²) in [6, 6.07) is -1.02. The van der Waals surface area contributed by atoms with E-state index in [0.29, 0.717) is 12.8 Å². The molecule has 3 rings (SSSR count). The highest BCUT2D eigenvalue weighted by Gasteiger charge is 2.53. The summed E-state index contributed by atoms with van der Waals surface area (Å²) in [6.45, 7) is 1.38. The van der Waals surface area contributed by atoms with E-state index in [0.717, 1.165) is 109 Å². The van der Waals surface area contributed by atoms with Crippen LogP contribution in [0.15, 0.2) is 170 Å². The number of nitrogens with one attached hydrogen (secondary N) is 1. The van der Waals surface area contributed by atoms with Crippen LogP contribution in [0.3, 0.4) is 0 Å². The molecule has 0 aromatic rings. The fourth-order valence-electron chi connectivity index (χ4n) is 9.66. The number of rotatable bonds is 46. The van der Waals surface area contributed by atoms with Gasteiger partial charge in [-0.05, 0) is 116 Å². The lowest BCUT2D eigenvalue weighted by molar-refractivity contribution is -0.379. The minimum Gasteiger partial charge on any atom is -0.394 e. The van der Waals surface area contributed by atoms with Crippen molar-refractivity contribution in [2.75, 3.05) is 26.4 Å². The topological polar surface area (TPSA) is 307 Å². The van der Waals surface area contributed by atoms with Gasteiger partial charge in [0.25, 0.3) is 0 Å². The van der Waals surface area contributed by atoms with Gasteiger partial charge in [0.2, 0.25) is 5.91 Å². The van der Waals surface area contributed by atoms with E-state index in [-0.39, 0.29) is 12.3 Å². The van der Waals surface area contributed by atoms with Gasteiger partial charge in [0.1, 0.15) is 73.2 Å². The summed E-state index contributed by atoms with van der Waals surface area (Å²) in [4.78, 5) is 13.3. The highest BCUT2D eigenvalue weighted by Crippen LogP contribution is 2.33. The SMILES string of the molecule is CC/C=C\C/C=C\C/C=C\C/C=C\C/C=C\C/C=C\C/C=C\C/C=C\C/C=C\C/C=C\C/C=C\C/C=C\CCCCC(=O)NC(COC1OC(CO)C(OC2OC(CO)C(OC3OC(CO)C(O)C(O)C3O)C(O)C2O)C(O)C1O)C(O)/C=C/CC/C=C/CCC. The Kier molecular flexibility index (Phi) is 45.5. The van der Waals surface area contributed by atoms with Crippen molar-refractivity contribution < 1.29 is 89.4 Å².